The quantitative estimate of drug-likeness (QED) is 0.249. The van der Waals surface area contributed by atoms with Crippen LogP contribution in [0, 0.1) is 0 Å². The zero-order chi connectivity index (χ0) is 17.9. The third-order valence-corrected chi connectivity index (χ3v) is 5.29. The molecule has 142 valence electrons. The molecule has 9 nitrogen and oxygen atoms in total. The topological polar surface area (TPSA) is 174 Å². The minimum Gasteiger partial charge on any atom is -0.392 e. The summed E-state index contributed by atoms with van der Waals surface area (Å²) in [5, 5.41) is 53.4. The van der Waals surface area contributed by atoms with Gasteiger partial charge in [-0.05, 0) is 32.2 Å². The van der Waals surface area contributed by atoms with Gasteiger partial charge in [0, 0.05) is 18.6 Å². The van der Waals surface area contributed by atoms with E-state index in [0.717, 1.165) is 0 Å². The Balaban J connectivity index is 2.03. The lowest BCUT2D eigenvalue weighted by Crippen LogP contribution is -2.70. The summed E-state index contributed by atoms with van der Waals surface area (Å²) in [4.78, 5) is 0. The number of aliphatic hydroxyl groups excluding tert-OH is 5. The molecule has 1 saturated heterocycles. The maximum absolute atomic E-state index is 10.6. The van der Waals surface area contributed by atoms with Crippen LogP contribution in [0.15, 0.2) is 0 Å². The number of aliphatic hydroxyl groups is 5. The molecule has 2 aliphatic rings. The van der Waals surface area contributed by atoms with Crippen LogP contribution in [0.2, 0.25) is 0 Å². The van der Waals surface area contributed by atoms with Crippen molar-refractivity contribution in [2.24, 2.45) is 11.5 Å². The minimum atomic E-state index is -1.26. The minimum absolute atomic E-state index is 0.147. The Morgan fingerprint density at radius 2 is 1.92 bits per heavy atom. The molecule has 2 rings (SSSR count). The van der Waals surface area contributed by atoms with E-state index in [9.17, 15) is 25.5 Å². The number of ether oxygens (including phenoxy) is 1. The van der Waals surface area contributed by atoms with Gasteiger partial charge < -0.3 is 47.1 Å². The molecule has 9 heteroatoms. The molecule has 10 N–H and O–H groups in total. The zero-order valence-electron chi connectivity index (χ0n) is 13.8. The maximum atomic E-state index is 10.6. The number of hydrogen-bond donors (Lipinski definition) is 8. The smallest absolute Gasteiger partial charge is 0.112 e. The molecule has 0 radical (unpaired) electrons. The van der Waals surface area contributed by atoms with Crippen molar-refractivity contribution in [3.63, 3.8) is 0 Å². The van der Waals surface area contributed by atoms with E-state index in [0.29, 0.717) is 19.4 Å². The second-order valence-electron chi connectivity index (χ2n) is 6.96. The fraction of sp³-hybridized carbons (Fsp3) is 1.00. The number of rotatable bonds is 5. The number of nitrogens with two attached hydrogens (primary N) is 2. The molecule has 0 aromatic carbocycles. The molecule has 0 amide bonds. The lowest BCUT2D eigenvalue weighted by Gasteiger charge is -2.50. The summed E-state index contributed by atoms with van der Waals surface area (Å²) in [6, 6.07) is -1.08. The van der Waals surface area contributed by atoms with Crippen LogP contribution in [0.1, 0.15) is 25.7 Å². The van der Waals surface area contributed by atoms with Gasteiger partial charge in [-0.15, -0.1) is 0 Å². The maximum Gasteiger partial charge on any atom is 0.112 e. The normalized spacial score (nSPS) is 45.1. The van der Waals surface area contributed by atoms with Crippen molar-refractivity contribution in [1.29, 1.82) is 0 Å². The molecule has 0 bridgehead atoms. The first-order valence-corrected chi connectivity index (χ1v) is 8.55. The van der Waals surface area contributed by atoms with Crippen LogP contribution < -0.4 is 16.8 Å². The third kappa shape index (κ3) is 4.06. The lowest BCUT2D eigenvalue weighted by atomic mass is 9.71. The summed E-state index contributed by atoms with van der Waals surface area (Å²) in [7, 11) is 0. The van der Waals surface area contributed by atoms with Crippen LogP contribution in [0.4, 0.5) is 0 Å². The molecule has 0 unspecified atom stereocenters. The predicted molar refractivity (Wildman–Crippen MR) is 86.0 cm³/mol. The highest BCUT2D eigenvalue weighted by molar-refractivity contribution is 5.10. The molecular formula is C15H31N3O6. The first kappa shape index (κ1) is 20.0. The van der Waals surface area contributed by atoms with Gasteiger partial charge in [0.25, 0.3) is 0 Å². The van der Waals surface area contributed by atoms with Gasteiger partial charge in [0.05, 0.1) is 24.9 Å². The van der Waals surface area contributed by atoms with E-state index in [1.165, 1.54) is 0 Å². The number of hydrogen-bond acceptors (Lipinski definition) is 9. The van der Waals surface area contributed by atoms with Gasteiger partial charge in [-0.1, -0.05) is 0 Å². The monoisotopic (exact) mass is 349 g/mol. The Morgan fingerprint density at radius 3 is 2.58 bits per heavy atom. The molecule has 24 heavy (non-hydrogen) atoms. The van der Waals surface area contributed by atoms with Gasteiger partial charge in [-0.3, -0.25) is 0 Å². The Morgan fingerprint density at radius 1 is 1.21 bits per heavy atom. The standard InChI is InChI=1S/C15H31N3O6/c16-4-2-8(19)6-18-9-5-12(17)15(14(23)13(9)22)3-1-10(20)11(21)7-24-15/h8-14,18-23H,1-7,16-17H2/t8-,9+,10-,11+,12-,13-,14+,15-/m0/s1. The SMILES string of the molecule is NCC[C@H](O)CN[C@@H]1C[C@H](N)[C@@]2(CC[C@H](O)[C@H](O)CO2)[C@H](O)[C@H]1O. The second-order valence-corrected chi connectivity index (χ2v) is 6.96. The van der Waals surface area contributed by atoms with Crippen LogP contribution in [0.5, 0.6) is 0 Å². The van der Waals surface area contributed by atoms with Crippen molar-refractivity contribution in [2.75, 3.05) is 19.7 Å². The van der Waals surface area contributed by atoms with Crippen molar-refractivity contribution in [1.82, 2.24) is 5.32 Å². The van der Waals surface area contributed by atoms with Gasteiger partial charge in [0.15, 0.2) is 0 Å². The van der Waals surface area contributed by atoms with E-state index >= 15 is 0 Å². The van der Waals surface area contributed by atoms with Crippen molar-refractivity contribution in [3.05, 3.63) is 0 Å². The number of nitrogens with one attached hydrogen (secondary N) is 1. The fourth-order valence-corrected chi connectivity index (χ4v) is 3.64. The van der Waals surface area contributed by atoms with Crippen molar-refractivity contribution in [2.45, 2.75) is 73.9 Å². The molecule has 0 aromatic heterocycles. The van der Waals surface area contributed by atoms with Crippen LogP contribution in [0.25, 0.3) is 0 Å². The van der Waals surface area contributed by atoms with Gasteiger partial charge in [0.2, 0.25) is 0 Å². The first-order chi connectivity index (χ1) is 11.3. The van der Waals surface area contributed by atoms with Crippen molar-refractivity contribution < 1.29 is 30.3 Å². The summed E-state index contributed by atoms with van der Waals surface area (Å²) in [6.45, 7) is 0.454. The predicted octanol–water partition coefficient (Wildman–Crippen LogP) is -3.62. The molecule has 1 spiro atoms. The zero-order valence-corrected chi connectivity index (χ0v) is 13.8. The van der Waals surface area contributed by atoms with Crippen molar-refractivity contribution >= 4 is 0 Å². The largest absolute Gasteiger partial charge is 0.392 e. The molecule has 2 fully saturated rings. The third-order valence-electron chi connectivity index (χ3n) is 5.29. The molecule has 8 atom stereocenters. The summed E-state index contributed by atoms with van der Waals surface area (Å²) in [5.41, 5.74) is 10.4. The van der Waals surface area contributed by atoms with Gasteiger partial charge in [-0.2, -0.15) is 0 Å². The Hall–Kier alpha value is -0.360. The van der Waals surface area contributed by atoms with E-state index in [1.54, 1.807) is 0 Å². The van der Waals surface area contributed by atoms with E-state index in [-0.39, 0.29) is 26.0 Å². The Labute approximate surface area is 141 Å². The van der Waals surface area contributed by atoms with Gasteiger partial charge in [0.1, 0.15) is 17.8 Å². The summed E-state index contributed by atoms with van der Waals surface area (Å²) in [5.74, 6) is 0. The average molecular weight is 349 g/mol. The van der Waals surface area contributed by atoms with Crippen LogP contribution >= 0.6 is 0 Å². The average Bonchev–Trinajstić information content (AvgIpc) is 2.70. The van der Waals surface area contributed by atoms with Gasteiger partial charge in [-0.25, -0.2) is 0 Å². The lowest BCUT2D eigenvalue weighted by molar-refractivity contribution is -0.202. The van der Waals surface area contributed by atoms with E-state index < -0.39 is 48.2 Å². The van der Waals surface area contributed by atoms with E-state index in [2.05, 4.69) is 5.32 Å². The summed E-state index contributed by atoms with van der Waals surface area (Å²) < 4.78 is 5.68. The van der Waals surface area contributed by atoms with Crippen LogP contribution in [0.3, 0.4) is 0 Å². The molecule has 1 saturated carbocycles. The van der Waals surface area contributed by atoms with Crippen LogP contribution in [-0.4, -0.2) is 93.4 Å². The highest BCUT2D eigenvalue weighted by Gasteiger charge is 2.55. The summed E-state index contributed by atoms with van der Waals surface area (Å²) >= 11 is 0. The first-order valence-electron chi connectivity index (χ1n) is 8.55. The molecule has 1 aliphatic heterocycles. The molecular weight excluding hydrogens is 318 g/mol. The second kappa shape index (κ2) is 8.35. The van der Waals surface area contributed by atoms with Crippen molar-refractivity contribution in [3.8, 4) is 0 Å². The highest BCUT2D eigenvalue weighted by atomic mass is 16.5. The van der Waals surface area contributed by atoms with E-state index in [1.807, 2.05) is 0 Å². The fourth-order valence-electron chi connectivity index (χ4n) is 3.64. The molecule has 0 aromatic rings. The Kier molecular flexibility index (Phi) is 6.94. The van der Waals surface area contributed by atoms with Gasteiger partial charge >= 0.3 is 0 Å². The van der Waals surface area contributed by atoms with Crippen LogP contribution in [-0.2, 0) is 4.74 Å². The summed E-state index contributed by atoms with van der Waals surface area (Å²) in [6.07, 6.45) is -3.77. The highest BCUT2D eigenvalue weighted by Crippen LogP contribution is 2.38. The van der Waals surface area contributed by atoms with E-state index in [4.69, 9.17) is 16.2 Å². The molecule has 1 heterocycles. The molecule has 1 aliphatic carbocycles. The Bertz CT molecular complexity index is 389.